The van der Waals surface area contributed by atoms with Crippen LogP contribution in [-0.4, -0.2) is 22.3 Å². The van der Waals surface area contributed by atoms with Gasteiger partial charge in [0.05, 0.1) is 6.10 Å². The van der Waals surface area contributed by atoms with Crippen molar-refractivity contribution >= 4 is 39.9 Å². The average Bonchev–Trinajstić information content (AvgIpc) is 2.34. The van der Waals surface area contributed by atoms with Crippen LogP contribution < -0.4 is 0 Å². The number of esters is 1. The van der Waals surface area contributed by atoms with Gasteiger partial charge < -0.3 is 4.74 Å². The van der Waals surface area contributed by atoms with Crippen molar-refractivity contribution in [3.8, 4) is 0 Å². The first-order valence-electron chi connectivity index (χ1n) is 3.29. The summed E-state index contributed by atoms with van der Waals surface area (Å²) in [5.41, 5.74) is 0. The third-order valence-electron chi connectivity index (χ3n) is 0.918. The minimum atomic E-state index is -0.398. The number of carbonyl (C=O) groups excluding carboxylic acids is 1. The monoisotopic (exact) mass is 298 g/mol. The average molecular weight is 298 g/mol. The zero-order chi connectivity index (χ0) is 9.14. The molecule has 0 aliphatic rings. The number of nitrogens with zero attached hydrogens (tertiary/aromatic N) is 2. The van der Waals surface area contributed by atoms with Crippen LogP contribution >= 0.6 is 33.9 Å². The van der Waals surface area contributed by atoms with E-state index in [-0.39, 0.29) is 6.10 Å². The highest BCUT2D eigenvalue weighted by Gasteiger charge is 2.14. The van der Waals surface area contributed by atoms with Crippen LogP contribution in [0.3, 0.4) is 0 Å². The van der Waals surface area contributed by atoms with E-state index in [2.05, 4.69) is 10.2 Å². The van der Waals surface area contributed by atoms with Gasteiger partial charge >= 0.3 is 5.97 Å². The Kier molecular flexibility index (Phi) is 3.39. The largest absolute Gasteiger partial charge is 0.458 e. The Hall–Kier alpha value is -0.240. The zero-order valence-electron chi connectivity index (χ0n) is 6.57. The van der Waals surface area contributed by atoms with Crippen molar-refractivity contribution in [3.63, 3.8) is 0 Å². The normalized spacial score (nSPS) is 10.3. The van der Waals surface area contributed by atoms with Gasteiger partial charge in [0, 0.05) is 0 Å². The number of halogens is 1. The summed E-state index contributed by atoms with van der Waals surface area (Å²) in [4.78, 5) is 11.2. The summed E-state index contributed by atoms with van der Waals surface area (Å²) in [5.74, 6) is -0.398. The second kappa shape index (κ2) is 4.13. The molecular weight excluding hydrogens is 291 g/mol. The van der Waals surface area contributed by atoms with Gasteiger partial charge in [0.1, 0.15) is 0 Å². The Bertz CT molecular complexity index is 287. The first-order valence-corrected chi connectivity index (χ1v) is 5.19. The Morgan fingerprint density at radius 1 is 1.58 bits per heavy atom. The molecule has 0 spiro atoms. The Balaban J connectivity index is 2.65. The van der Waals surface area contributed by atoms with E-state index in [1.54, 1.807) is 13.8 Å². The smallest absolute Gasteiger partial charge is 0.369 e. The minimum absolute atomic E-state index is 0.112. The van der Waals surface area contributed by atoms with Gasteiger partial charge in [-0.2, -0.15) is 0 Å². The lowest BCUT2D eigenvalue weighted by Crippen LogP contribution is -2.11. The van der Waals surface area contributed by atoms with Gasteiger partial charge in [0.15, 0.2) is 3.01 Å². The molecule has 1 heterocycles. The van der Waals surface area contributed by atoms with E-state index in [4.69, 9.17) is 4.74 Å². The third kappa shape index (κ3) is 2.67. The molecule has 0 unspecified atom stereocenters. The van der Waals surface area contributed by atoms with Crippen molar-refractivity contribution < 1.29 is 9.53 Å². The number of hydrogen-bond donors (Lipinski definition) is 0. The van der Waals surface area contributed by atoms with Gasteiger partial charge in [-0.15, -0.1) is 10.2 Å². The molecule has 0 aliphatic heterocycles. The molecule has 0 radical (unpaired) electrons. The molecule has 0 saturated heterocycles. The number of rotatable bonds is 2. The molecule has 0 amide bonds. The molecule has 66 valence electrons. The topological polar surface area (TPSA) is 52.1 Å². The van der Waals surface area contributed by atoms with E-state index in [1.165, 1.54) is 11.3 Å². The van der Waals surface area contributed by atoms with E-state index >= 15 is 0 Å². The van der Waals surface area contributed by atoms with Crippen LogP contribution in [0.25, 0.3) is 0 Å². The fourth-order valence-electron chi connectivity index (χ4n) is 0.552. The van der Waals surface area contributed by atoms with Gasteiger partial charge in [-0.1, -0.05) is 11.3 Å². The maximum atomic E-state index is 11.2. The van der Waals surface area contributed by atoms with Crippen molar-refractivity contribution in [2.24, 2.45) is 0 Å². The molecule has 4 nitrogen and oxygen atoms in total. The van der Waals surface area contributed by atoms with E-state index in [0.717, 1.165) is 3.01 Å². The van der Waals surface area contributed by atoms with E-state index in [0.29, 0.717) is 5.01 Å². The van der Waals surface area contributed by atoms with Gasteiger partial charge in [0.25, 0.3) is 0 Å². The van der Waals surface area contributed by atoms with Crippen LogP contribution in [-0.2, 0) is 4.74 Å². The van der Waals surface area contributed by atoms with Crippen LogP contribution in [0, 0.1) is 3.01 Å². The summed E-state index contributed by atoms with van der Waals surface area (Å²) in [7, 11) is 0. The van der Waals surface area contributed by atoms with Gasteiger partial charge in [-0.05, 0) is 36.4 Å². The van der Waals surface area contributed by atoms with Crippen molar-refractivity contribution in [1.29, 1.82) is 0 Å². The molecule has 1 aromatic heterocycles. The highest BCUT2D eigenvalue weighted by Crippen LogP contribution is 2.13. The number of aromatic nitrogens is 2. The summed E-state index contributed by atoms with van der Waals surface area (Å²) in [5, 5.41) is 7.67. The highest BCUT2D eigenvalue weighted by atomic mass is 127. The van der Waals surface area contributed by atoms with E-state index < -0.39 is 5.97 Å². The summed E-state index contributed by atoms with van der Waals surface area (Å²) in [6.07, 6.45) is -0.112. The molecule has 0 aromatic carbocycles. The predicted octanol–water partition coefficient (Wildman–Crippen LogP) is 1.71. The van der Waals surface area contributed by atoms with Crippen molar-refractivity contribution in [3.05, 3.63) is 8.02 Å². The van der Waals surface area contributed by atoms with Crippen molar-refractivity contribution in [2.75, 3.05) is 0 Å². The predicted molar refractivity (Wildman–Crippen MR) is 53.2 cm³/mol. The van der Waals surface area contributed by atoms with Crippen LogP contribution in [0.15, 0.2) is 0 Å². The number of ether oxygens (including phenoxy) is 1. The quantitative estimate of drug-likeness (QED) is 0.616. The van der Waals surface area contributed by atoms with Crippen LogP contribution in [0.1, 0.15) is 23.6 Å². The highest BCUT2D eigenvalue weighted by molar-refractivity contribution is 14.1. The number of carbonyl (C=O) groups is 1. The second-order valence-corrected chi connectivity index (χ2v) is 5.05. The summed E-state index contributed by atoms with van der Waals surface area (Å²) < 4.78 is 5.65. The summed E-state index contributed by atoms with van der Waals surface area (Å²) in [6.45, 7) is 3.59. The lowest BCUT2D eigenvalue weighted by molar-refractivity contribution is 0.0376. The minimum Gasteiger partial charge on any atom is -0.458 e. The van der Waals surface area contributed by atoms with Gasteiger partial charge in [-0.3, -0.25) is 0 Å². The maximum Gasteiger partial charge on any atom is 0.369 e. The molecule has 1 aromatic rings. The van der Waals surface area contributed by atoms with Crippen molar-refractivity contribution in [1.82, 2.24) is 10.2 Å². The van der Waals surface area contributed by atoms with E-state index in [1.807, 2.05) is 22.6 Å². The maximum absolute atomic E-state index is 11.2. The standard InChI is InChI=1S/C6H7IN2O2S/c1-3(2)11-5(10)4-8-9-6(7)12-4/h3H,1-2H3. The van der Waals surface area contributed by atoms with Crippen molar-refractivity contribution in [2.45, 2.75) is 20.0 Å². The SMILES string of the molecule is CC(C)OC(=O)c1nnc(I)s1. The fourth-order valence-corrected chi connectivity index (χ4v) is 1.74. The molecule has 0 N–H and O–H groups in total. The lowest BCUT2D eigenvalue weighted by Gasteiger charge is -2.03. The Labute approximate surface area is 87.5 Å². The van der Waals surface area contributed by atoms with E-state index in [9.17, 15) is 4.79 Å². The Morgan fingerprint density at radius 3 is 2.67 bits per heavy atom. The van der Waals surface area contributed by atoms with Crippen LogP contribution in [0.5, 0.6) is 0 Å². The molecule has 0 aliphatic carbocycles. The molecular formula is C6H7IN2O2S. The molecule has 12 heavy (non-hydrogen) atoms. The number of hydrogen-bond acceptors (Lipinski definition) is 5. The third-order valence-corrected chi connectivity index (χ3v) is 2.49. The molecule has 6 heteroatoms. The molecule has 0 fully saturated rings. The summed E-state index contributed by atoms with van der Waals surface area (Å²) >= 11 is 3.23. The first kappa shape index (κ1) is 9.85. The molecule has 0 saturated carbocycles. The fraction of sp³-hybridized carbons (Fsp3) is 0.500. The van der Waals surface area contributed by atoms with Gasteiger partial charge in [-0.25, -0.2) is 4.79 Å². The zero-order valence-corrected chi connectivity index (χ0v) is 9.55. The van der Waals surface area contributed by atoms with Crippen LogP contribution in [0.2, 0.25) is 0 Å². The second-order valence-electron chi connectivity index (χ2n) is 2.31. The van der Waals surface area contributed by atoms with Crippen LogP contribution in [0.4, 0.5) is 0 Å². The lowest BCUT2D eigenvalue weighted by atomic mass is 10.5. The first-order chi connectivity index (χ1) is 5.59. The summed E-state index contributed by atoms with van der Waals surface area (Å²) in [6, 6.07) is 0. The molecule has 1 rings (SSSR count). The molecule has 0 bridgehead atoms. The Morgan fingerprint density at radius 2 is 2.25 bits per heavy atom. The van der Waals surface area contributed by atoms with Gasteiger partial charge in [0.2, 0.25) is 5.01 Å². The molecule has 0 atom stereocenters.